The van der Waals surface area contributed by atoms with Crippen LogP contribution < -0.4 is 4.74 Å². The van der Waals surface area contributed by atoms with Crippen LogP contribution in [0.25, 0.3) is 0 Å². The SMILES string of the molecule is CC(C)COCCOc1ccc(Br)c(CBr)c1. The second-order valence-electron chi connectivity index (χ2n) is 4.20. The fourth-order valence-electron chi connectivity index (χ4n) is 1.28. The maximum atomic E-state index is 5.62. The molecule has 17 heavy (non-hydrogen) atoms. The van der Waals surface area contributed by atoms with Crippen molar-refractivity contribution in [3.05, 3.63) is 28.2 Å². The third-order valence-electron chi connectivity index (χ3n) is 2.11. The van der Waals surface area contributed by atoms with Crippen molar-refractivity contribution in [2.45, 2.75) is 19.2 Å². The molecule has 0 aliphatic heterocycles. The molecule has 0 atom stereocenters. The summed E-state index contributed by atoms with van der Waals surface area (Å²) in [5, 5.41) is 0.814. The molecular weight excluding hydrogens is 348 g/mol. The summed E-state index contributed by atoms with van der Waals surface area (Å²) in [6.07, 6.45) is 0. The van der Waals surface area contributed by atoms with Gasteiger partial charge in [-0.1, -0.05) is 45.7 Å². The second kappa shape index (κ2) is 8.11. The lowest BCUT2D eigenvalue weighted by molar-refractivity contribution is 0.0819. The van der Waals surface area contributed by atoms with Crippen molar-refractivity contribution in [1.29, 1.82) is 0 Å². The summed E-state index contributed by atoms with van der Waals surface area (Å²) in [7, 11) is 0. The van der Waals surface area contributed by atoms with Crippen molar-refractivity contribution in [2.75, 3.05) is 19.8 Å². The van der Waals surface area contributed by atoms with Crippen LogP contribution in [0, 0.1) is 5.92 Å². The summed E-state index contributed by atoms with van der Waals surface area (Å²) in [5.74, 6) is 1.46. The number of hydrogen-bond donors (Lipinski definition) is 0. The molecule has 0 saturated carbocycles. The minimum atomic E-state index is 0.572. The molecule has 1 rings (SSSR count). The van der Waals surface area contributed by atoms with E-state index >= 15 is 0 Å². The molecule has 0 bridgehead atoms. The van der Waals surface area contributed by atoms with Crippen LogP contribution in [-0.2, 0) is 10.1 Å². The molecule has 4 heteroatoms. The van der Waals surface area contributed by atoms with Crippen molar-refractivity contribution in [3.8, 4) is 5.75 Å². The van der Waals surface area contributed by atoms with Gasteiger partial charge < -0.3 is 9.47 Å². The van der Waals surface area contributed by atoms with Gasteiger partial charge in [0.05, 0.1) is 6.61 Å². The van der Waals surface area contributed by atoms with E-state index in [-0.39, 0.29) is 0 Å². The quantitative estimate of drug-likeness (QED) is 0.526. The zero-order chi connectivity index (χ0) is 12.7. The minimum Gasteiger partial charge on any atom is -0.491 e. The van der Waals surface area contributed by atoms with E-state index in [9.17, 15) is 0 Å². The van der Waals surface area contributed by atoms with Gasteiger partial charge in [-0.3, -0.25) is 0 Å². The fourth-order valence-corrected chi connectivity index (χ4v) is 2.51. The van der Waals surface area contributed by atoms with Crippen LogP contribution in [0.15, 0.2) is 22.7 Å². The summed E-state index contributed by atoms with van der Waals surface area (Å²) >= 11 is 6.93. The summed E-state index contributed by atoms with van der Waals surface area (Å²) < 4.78 is 12.2. The standard InChI is InChI=1S/C13H18Br2O2/c1-10(2)9-16-5-6-17-12-3-4-13(15)11(7-12)8-14/h3-4,7,10H,5-6,8-9H2,1-2H3. The van der Waals surface area contributed by atoms with Gasteiger partial charge in [-0.15, -0.1) is 0 Å². The highest BCUT2D eigenvalue weighted by molar-refractivity contribution is 9.10. The Morgan fingerprint density at radius 1 is 1.24 bits per heavy atom. The van der Waals surface area contributed by atoms with Gasteiger partial charge in [0.15, 0.2) is 0 Å². The maximum absolute atomic E-state index is 5.62. The van der Waals surface area contributed by atoms with Crippen LogP contribution in [0.1, 0.15) is 19.4 Å². The van der Waals surface area contributed by atoms with E-state index in [1.807, 2.05) is 18.2 Å². The Bertz CT molecular complexity index is 340. The Morgan fingerprint density at radius 2 is 2.00 bits per heavy atom. The van der Waals surface area contributed by atoms with Gasteiger partial charge in [0.25, 0.3) is 0 Å². The van der Waals surface area contributed by atoms with E-state index in [1.54, 1.807) is 0 Å². The number of hydrogen-bond acceptors (Lipinski definition) is 2. The van der Waals surface area contributed by atoms with Crippen LogP contribution >= 0.6 is 31.9 Å². The Balaban J connectivity index is 2.32. The van der Waals surface area contributed by atoms with Gasteiger partial charge in [0.1, 0.15) is 12.4 Å². The van der Waals surface area contributed by atoms with Gasteiger partial charge >= 0.3 is 0 Å². The van der Waals surface area contributed by atoms with Gasteiger partial charge in [0, 0.05) is 16.4 Å². The van der Waals surface area contributed by atoms with E-state index in [0.717, 1.165) is 22.2 Å². The largest absolute Gasteiger partial charge is 0.491 e. The minimum absolute atomic E-state index is 0.572. The highest BCUT2D eigenvalue weighted by Crippen LogP contribution is 2.24. The molecule has 1 aromatic rings. The average Bonchev–Trinajstić information content (AvgIpc) is 2.30. The molecule has 0 unspecified atom stereocenters. The van der Waals surface area contributed by atoms with E-state index in [0.29, 0.717) is 19.1 Å². The zero-order valence-corrected chi connectivity index (χ0v) is 13.4. The lowest BCUT2D eigenvalue weighted by atomic mass is 10.2. The Hall–Kier alpha value is -0.0600. The predicted octanol–water partition coefficient (Wildman–Crippen LogP) is 4.40. The molecule has 1 aromatic carbocycles. The first-order valence-corrected chi connectivity index (χ1v) is 7.60. The highest BCUT2D eigenvalue weighted by Gasteiger charge is 2.01. The van der Waals surface area contributed by atoms with Crippen LogP contribution in [0.4, 0.5) is 0 Å². The van der Waals surface area contributed by atoms with E-state index < -0.39 is 0 Å². The third-order valence-corrected chi connectivity index (χ3v) is 3.49. The molecule has 2 nitrogen and oxygen atoms in total. The maximum Gasteiger partial charge on any atom is 0.119 e. The molecule has 0 fully saturated rings. The first kappa shape index (κ1) is 15.0. The van der Waals surface area contributed by atoms with Crippen molar-refractivity contribution < 1.29 is 9.47 Å². The Labute approximate surface area is 120 Å². The van der Waals surface area contributed by atoms with Crippen LogP contribution in [0.3, 0.4) is 0 Å². The molecule has 0 spiro atoms. The summed E-state index contributed by atoms with van der Waals surface area (Å²) in [4.78, 5) is 0. The van der Waals surface area contributed by atoms with Crippen molar-refractivity contribution in [2.24, 2.45) is 5.92 Å². The van der Waals surface area contributed by atoms with Crippen LogP contribution in [-0.4, -0.2) is 19.8 Å². The fraction of sp³-hybridized carbons (Fsp3) is 0.538. The molecule has 0 saturated heterocycles. The van der Waals surface area contributed by atoms with Crippen molar-refractivity contribution in [3.63, 3.8) is 0 Å². The summed E-state index contributed by atoms with van der Waals surface area (Å²) in [6.45, 7) is 6.29. The monoisotopic (exact) mass is 364 g/mol. The number of benzene rings is 1. The van der Waals surface area contributed by atoms with Crippen molar-refractivity contribution >= 4 is 31.9 Å². The first-order chi connectivity index (χ1) is 8.13. The smallest absolute Gasteiger partial charge is 0.119 e. The lowest BCUT2D eigenvalue weighted by Gasteiger charge is -2.10. The molecule has 0 aromatic heterocycles. The van der Waals surface area contributed by atoms with Gasteiger partial charge in [-0.05, 0) is 29.7 Å². The highest BCUT2D eigenvalue weighted by atomic mass is 79.9. The molecule has 0 aliphatic carbocycles. The molecule has 0 N–H and O–H groups in total. The number of alkyl halides is 1. The number of halogens is 2. The number of ether oxygens (including phenoxy) is 2. The first-order valence-electron chi connectivity index (χ1n) is 5.68. The average molecular weight is 366 g/mol. The normalized spacial score (nSPS) is 10.9. The second-order valence-corrected chi connectivity index (χ2v) is 5.62. The van der Waals surface area contributed by atoms with Crippen molar-refractivity contribution in [1.82, 2.24) is 0 Å². The third kappa shape index (κ3) is 5.89. The molecule has 0 radical (unpaired) electrons. The Morgan fingerprint density at radius 3 is 2.65 bits per heavy atom. The zero-order valence-electron chi connectivity index (χ0n) is 10.2. The van der Waals surface area contributed by atoms with E-state index in [1.165, 1.54) is 5.56 Å². The molecule has 96 valence electrons. The van der Waals surface area contributed by atoms with Crippen LogP contribution in [0.5, 0.6) is 5.75 Å². The molecule has 0 heterocycles. The molecule has 0 amide bonds. The molecule has 0 aliphatic rings. The van der Waals surface area contributed by atoms with E-state index in [2.05, 4.69) is 45.7 Å². The van der Waals surface area contributed by atoms with Gasteiger partial charge in [-0.2, -0.15) is 0 Å². The number of rotatable bonds is 7. The Kier molecular flexibility index (Phi) is 7.16. The topological polar surface area (TPSA) is 18.5 Å². The molecular formula is C13H18Br2O2. The van der Waals surface area contributed by atoms with Gasteiger partial charge in [0.2, 0.25) is 0 Å². The summed E-state index contributed by atoms with van der Waals surface area (Å²) in [5.41, 5.74) is 1.19. The van der Waals surface area contributed by atoms with E-state index in [4.69, 9.17) is 9.47 Å². The lowest BCUT2D eigenvalue weighted by Crippen LogP contribution is -2.10. The summed E-state index contributed by atoms with van der Waals surface area (Å²) in [6, 6.07) is 5.99. The van der Waals surface area contributed by atoms with Gasteiger partial charge in [-0.25, -0.2) is 0 Å². The predicted molar refractivity (Wildman–Crippen MR) is 77.9 cm³/mol. The van der Waals surface area contributed by atoms with Crippen LogP contribution in [0.2, 0.25) is 0 Å².